The number of carbonyl (C=O) groups is 2. The summed E-state index contributed by atoms with van der Waals surface area (Å²) in [5.74, 6) is -0.0197. The van der Waals surface area contributed by atoms with Crippen LogP contribution < -0.4 is 15.8 Å². The Balaban J connectivity index is 1.65. The van der Waals surface area contributed by atoms with Gasteiger partial charge in [-0.1, -0.05) is 35.9 Å². The number of carbonyl (C=O) groups excluding carboxylic acids is 2. The van der Waals surface area contributed by atoms with Crippen molar-refractivity contribution in [2.24, 2.45) is 5.73 Å². The van der Waals surface area contributed by atoms with Crippen LogP contribution in [0.15, 0.2) is 42.5 Å². The van der Waals surface area contributed by atoms with Crippen LogP contribution in [0.5, 0.6) is 5.75 Å². The molecule has 1 atom stereocenters. The highest BCUT2D eigenvalue weighted by molar-refractivity contribution is 6.31. The Bertz CT molecular complexity index is 856. The number of primary amides is 1. The van der Waals surface area contributed by atoms with Gasteiger partial charge in [-0.3, -0.25) is 14.5 Å². The van der Waals surface area contributed by atoms with Gasteiger partial charge in [0.25, 0.3) is 0 Å². The molecule has 0 bridgehead atoms. The first-order valence-corrected chi connectivity index (χ1v) is 9.09. The van der Waals surface area contributed by atoms with Crippen molar-refractivity contribution < 1.29 is 14.3 Å². The summed E-state index contributed by atoms with van der Waals surface area (Å²) >= 11 is 5.99. The summed E-state index contributed by atoms with van der Waals surface area (Å²) in [5.41, 5.74) is 8.40. The maximum Gasteiger partial charge on any atom is 0.235 e. The van der Waals surface area contributed by atoms with Crippen LogP contribution in [0.3, 0.4) is 0 Å². The van der Waals surface area contributed by atoms with Crippen LogP contribution in [0.1, 0.15) is 17.5 Å². The number of ether oxygens (including phenoxy) is 1. The highest BCUT2D eigenvalue weighted by Gasteiger charge is 2.30. The highest BCUT2D eigenvalue weighted by atomic mass is 35.5. The number of hydrogen-bond acceptors (Lipinski definition) is 4. The second-order valence-corrected chi connectivity index (χ2v) is 6.94. The van der Waals surface area contributed by atoms with Gasteiger partial charge in [-0.15, -0.1) is 0 Å². The van der Waals surface area contributed by atoms with E-state index in [2.05, 4.69) is 5.32 Å². The first kappa shape index (κ1) is 19.2. The van der Waals surface area contributed by atoms with Gasteiger partial charge in [0, 0.05) is 24.5 Å². The molecule has 3 N–H and O–H groups in total. The van der Waals surface area contributed by atoms with Crippen LogP contribution in [0, 0.1) is 0 Å². The summed E-state index contributed by atoms with van der Waals surface area (Å²) in [7, 11) is 1.53. The van der Waals surface area contributed by atoms with Gasteiger partial charge in [-0.2, -0.15) is 0 Å². The van der Waals surface area contributed by atoms with Crippen LogP contribution in [0.4, 0.5) is 5.69 Å². The Kier molecular flexibility index (Phi) is 5.98. The SMILES string of the molecule is COc1ccc(Cl)cc1NC(=O)CCN1Cc2ccccc2C[C@H]1C(N)=O. The molecule has 0 aromatic heterocycles. The number of nitrogens with two attached hydrogens (primary N) is 1. The van der Waals surface area contributed by atoms with E-state index in [9.17, 15) is 9.59 Å². The minimum atomic E-state index is -0.409. The molecule has 2 aromatic rings. The third-order valence-electron chi connectivity index (χ3n) is 4.74. The number of rotatable bonds is 6. The number of halogens is 1. The van der Waals surface area contributed by atoms with Crippen molar-refractivity contribution in [3.05, 3.63) is 58.6 Å². The summed E-state index contributed by atoms with van der Waals surface area (Å²) in [6.07, 6.45) is 0.789. The summed E-state index contributed by atoms with van der Waals surface area (Å²) in [4.78, 5) is 26.2. The van der Waals surface area contributed by atoms with Crippen molar-refractivity contribution >= 4 is 29.1 Å². The van der Waals surface area contributed by atoms with Gasteiger partial charge in [0.15, 0.2) is 0 Å². The Labute approximate surface area is 163 Å². The van der Waals surface area contributed by atoms with Crippen molar-refractivity contribution in [1.29, 1.82) is 0 Å². The molecule has 1 aliphatic rings. The van der Waals surface area contributed by atoms with E-state index < -0.39 is 6.04 Å². The fraction of sp³-hybridized carbons (Fsp3) is 0.300. The molecular formula is C20H22ClN3O3. The fourth-order valence-corrected chi connectivity index (χ4v) is 3.50. The quantitative estimate of drug-likeness (QED) is 0.797. The molecular weight excluding hydrogens is 366 g/mol. The monoisotopic (exact) mass is 387 g/mol. The maximum atomic E-state index is 12.4. The topological polar surface area (TPSA) is 84.7 Å². The Hall–Kier alpha value is -2.57. The minimum Gasteiger partial charge on any atom is -0.495 e. The van der Waals surface area contributed by atoms with Crippen molar-refractivity contribution in [2.75, 3.05) is 19.0 Å². The first-order chi connectivity index (χ1) is 13.0. The lowest BCUT2D eigenvalue weighted by atomic mass is 9.93. The zero-order valence-corrected chi connectivity index (χ0v) is 15.8. The standard InChI is InChI=1S/C20H22ClN3O3/c1-27-18-7-6-15(21)11-16(18)23-19(25)8-9-24-12-14-5-3-2-4-13(14)10-17(24)20(22)26/h2-7,11,17H,8-10,12H2,1H3,(H2,22,26)(H,23,25)/t17-/m0/s1. The second-order valence-electron chi connectivity index (χ2n) is 6.50. The lowest BCUT2D eigenvalue weighted by molar-refractivity contribution is -0.125. The van der Waals surface area contributed by atoms with Gasteiger partial charge in [0.05, 0.1) is 18.8 Å². The molecule has 0 unspecified atom stereocenters. The molecule has 1 aliphatic heterocycles. The highest BCUT2D eigenvalue weighted by Crippen LogP contribution is 2.28. The van der Waals surface area contributed by atoms with E-state index >= 15 is 0 Å². The number of fused-ring (bicyclic) bond motifs is 1. The van der Waals surface area contributed by atoms with Gasteiger partial charge in [-0.05, 0) is 35.7 Å². The average Bonchev–Trinajstić information content (AvgIpc) is 2.65. The van der Waals surface area contributed by atoms with Crippen LogP contribution in [-0.2, 0) is 22.6 Å². The number of nitrogens with one attached hydrogen (secondary N) is 1. The Morgan fingerprint density at radius 2 is 2.00 bits per heavy atom. The second kappa shape index (κ2) is 8.41. The molecule has 1 heterocycles. The van der Waals surface area contributed by atoms with Crippen molar-refractivity contribution in [3.8, 4) is 5.75 Å². The molecule has 0 spiro atoms. The third-order valence-corrected chi connectivity index (χ3v) is 4.97. The normalized spacial score (nSPS) is 16.4. The van der Waals surface area contributed by atoms with E-state index in [0.717, 1.165) is 11.1 Å². The zero-order chi connectivity index (χ0) is 19.4. The molecule has 0 radical (unpaired) electrons. The molecule has 2 aromatic carbocycles. The predicted octanol–water partition coefficient (Wildman–Crippen LogP) is 2.59. The molecule has 2 amide bonds. The molecule has 0 saturated carbocycles. The van der Waals surface area contributed by atoms with Crippen LogP contribution in [-0.4, -0.2) is 36.4 Å². The summed E-state index contributed by atoms with van der Waals surface area (Å²) < 4.78 is 5.24. The third kappa shape index (κ3) is 4.59. The molecule has 3 rings (SSSR count). The number of amides is 2. The fourth-order valence-electron chi connectivity index (χ4n) is 3.33. The molecule has 0 aliphatic carbocycles. The predicted molar refractivity (Wildman–Crippen MR) is 105 cm³/mol. The number of hydrogen-bond donors (Lipinski definition) is 2. The van der Waals surface area contributed by atoms with E-state index in [-0.39, 0.29) is 18.2 Å². The lowest BCUT2D eigenvalue weighted by Gasteiger charge is -2.34. The number of methoxy groups -OCH3 is 1. The summed E-state index contributed by atoms with van der Waals surface area (Å²) in [6, 6.07) is 12.6. The van der Waals surface area contributed by atoms with Gasteiger partial charge in [0.2, 0.25) is 11.8 Å². The van der Waals surface area contributed by atoms with Gasteiger partial charge in [-0.25, -0.2) is 0 Å². The summed E-state index contributed by atoms with van der Waals surface area (Å²) in [5, 5.41) is 3.32. The van der Waals surface area contributed by atoms with E-state index in [1.54, 1.807) is 18.2 Å². The number of benzene rings is 2. The van der Waals surface area contributed by atoms with E-state index in [1.807, 2.05) is 29.2 Å². The Morgan fingerprint density at radius 1 is 1.26 bits per heavy atom. The number of nitrogens with zero attached hydrogens (tertiary/aromatic N) is 1. The molecule has 6 nitrogen and oxygen atoms in total. The van der Waals surface area contributed by atoms with Crippen LogP contribution in [0.25, 0.3) is 0 Å². The molecule has 0 fully saturated rings. The molecule has 7 heteroatoms. The summed E-state index contributed by atoms with van der Waals surface area (Å²) in [6.45, 7) is 1.02. The minimum absolute atomic E-state index is 0.183. The van der Waals surface area contributed by atoms with Gasteiger partial charge >= 0.3 is 0 Å². The molecule has 142 valence electrons. The van der Waals surface area contributed by atoms with Gasteiger partial charge < -0.3 is 15.8 Å². The van der Waals surface area contributed by atoms with Crippen molar-refractivity contribution in [3.63, 3.8) is 0 Å². The lowest BCUT2D eigenvalue weighted by Crippen LogP contribution is -2.49. The van der Waals surface area contributed by atoms with Crippen LogP contribution >= 0.6 is 11.6 Å². The maximum absolute atomic E-state index is 12.4. The van der Waals surface area contributed by atoms with Crippen molar-refractivity contribution in [2.45, 2.75) is 25.4 Å². The average molecular weight is 388 g/mol. The zero-order valence-electron chi connectivity index (χ0n) is 15.1. The van der Waals surface area contributed by atoms with Gasteiger partial charge in [0.1, 0.15) is 5.75 Å². The Morgan fingerprint density at radius 3 is 2.70 bits per heavy atom. The van der Waals surface area contributed by atoms with E-state index in [1.165, 1.54) is 7.11 Å². The van der Waals surface area contributed by atoms with Crippen molar-refractivity contribution in [1.82, 2.24) is 4.90 Å². The molecule has 0 saturated heterocycles. The largest absolute Gasteiger partial charge is 0.495 e. The number of anilines is 1. The van der Waals surface area contributed by atoms with E-state index in [4.69, 9.17) is 22.1 Å². The van der Waals surface area contributed by atoms with Crippen LogP contribution in [0.2, 0.25) is 5.02 Å². The molecule has 27 heavy (non-hydrogen) atoms. The smallest absolute Gasteiger partial charge is 0.235 e. The van der Waals surface area contributed by atoms with E-state index in [0.29, 0.717) is 36.0 Å². The first-order valence-electron chi connectivity index (χ1n) is 8.71.